The van der Waals surface area contributed by atoms with Crippen molar-refractivity contribution in [2.45, 2.75) is 13.5 Å². The highest BCUT2D eigenvalue weighted by molar-refractivity contribution is 6.30. The van der Waals surface area contributed by atoms with Crippen molar-refractivity contribution in [2.75, 3.05) is 0 Å². The fourth-order valence-electron chi connectivity index (χ4n) is 3.19. The Balaban J connectivity index is 1.58. The molecule has 1 aliphatic rings. The predicted octanol–water partition coefficient (Wildman–Crippen LogP) is 5.75. The van der Waals surface area contributed by atoms with Crippen LogP contribution in [0, 0.1) is 17.0 Å². The van der Waals surface area contributed by atoms with Gasteiger partial charge in [0.1, 0.15) is 18.1 Å². The Hall–Kier alpha value is -3.64. The lowest BCUT2D eigenvalue weighted by Gasteiger charge is -2.11. The van der Waals surface area contributed by atoms with Crippen LogP contribution in [0.15, 0.2) is 66.4 Å². The van der Waals surface area contributed by atoms with Gasteiger partial charge < -0.3 is 9.47 Å². The van der Waals surface area contributed by atoms with Gasteiger partial charge in [-0.05, 0) is 48.4 Å². The van der Waals surface area contributed by atoms with E-state index in [0.717, 1.165) is 5.56 Å². The topological polar surface area (TPSA) is 78.7 Å². The molecule has 0 amide bonds. The molecule has 0 unspecified atom stereocenters. The van der Waals surface area contributed by atoms with Gasteiger partial charge in [-0.2, -0.15) is 0 Å². The molecule has 0 saturated heterocycles. The van der Waals surface area contributed by atoms with Gasteiger partial charge in [0, 0.05) is 22.7 Å². The van der Waals surface area contributed by atoms with Gasteiger partial charge in [-0.25, -0.2) is 0 Å². The van der Waals surface area contributed by atoms with Crippen molar-refractivity contribution in [3.05, 3.63) is 104 Å². The highest BCUT2D eigenvalue weighted by Crippen LogP contribution is 2.39. The SMILES string of the molecule is Cc1c(OCc2cccc(Cl)c2)ccc2c1O/C(=C\c1cccc([N+](=O)[O-])c1)C2=O. The van der Waals surface area contributed by atoms with Crippen molar-refractivity contribution in [3.8, 4) is 11.5 Å². The molecule has 4 rings (SSSR count). The lowest BCUT2D eigenvalue weighted by atomic mass is 10.1. The van der Waals surface area contributed by atoms with Crippen LogP contribution in [0.4, 0.5) is 5.69 Å². The van der Waals surface area contributed by atoms with Crippen molar-refractivity contribution < 1.29 is 19.2 Å². The summed E-state index contributed by atoms with van der Waals surface area (Å²) in [6.07, 6.45) is 1.50. The van der Waals surface area contributed by atoms with Gasteiger partial charge in [0.05, 0.1) is 10.5 Å². The fraction of sp³-hybridized carbons (Fsp3) is 0.0870. The average Bonchev–Trinajstić information content (AvgIpc) is 3.04. The quantitative estimate of drug-likeness (QED) is 0.297. The van der Waals surface area contributed by atoms with E-state index in [1.807, 2.05) is 25.1 Å². The molecule has 0 bridgehead atoms. The van der Waals surface area contributed by atoms with Crippen molar-refractivity contribution in [2.24, 2.45) is 0 Å². The smallest absolute Gasteiger partial charge is 0.270 e. The number of ketones is 1. The molecule has 0 spiro atoms. The summed E-state index contributed by atoms with van der Waals surface area (Å²) in [6, 6.07) is 16.8. The number of nitro benzene ring substituents is 1. The zero-order chi connectivity index (χ0) is 21.3. The number of halogens is 1. The van der Waals surface area contributed by atoms with Crippen LogP contribution in [-0.2, 0) is 6.61 Å². The highest BCUT2D eigenvalue weighted by Gasteiger charge is 2.30. The zero-order valence-electron chi connectivity index (χ0n) is 15.9. The third-order valence-electron chi connectivity index (χ3n) is 4.70. The monoisotopic (exact) mass is 421 g/mol. The van der Waals surface area contributed by atoms with Crippen LogP contribution in [0.3, 0.4) is 0 Å². The molecule has 3 aromatic carbocycles. The van der Waals surface area contributed by atoms with Gasteiger partial charge >= 0.3 is 0 Å². The van der Waals surface area contributed by atoms with E-state index in [1.165, 1.54) is 18.2 Å². The number of ether oxygens (including phenoxy) is 2. The van der Waals surface area contributed by atoms with E-state index in [0.29, 0.717) is 39.8 Å². The molecule has 1 heterocycles. The number of nitrogens with zero attached hydrogens (tertiary/aromatic N) is 1. The van der Waals surface area contributed by atoms with E-state index in [-0.39, 0.29) is 17.2 Å². The standard InChI is InChI=1S/C23H16ClNO5/c1-14-20(29-13-16-5-2-6-17(24)10-16)9-8-19-22(26)21(30-23(14)19)12-15-4-3-7-18(11-15)25(27)28/h2-12H,13H2,1H3/b21-12-. The van der Waals surface area contributed by atoms with Crippen LogP contribution in [0.25, 0.3) is 6.08 Å². The first-order valence-corrected chi connectivity index (χ1v) is 9.50. The molecule has 7 heteroatoms. The van der Waals surface area contributed by atoms with E-state index in [2.05, 4.69) is 0 Å². The first kappa shape index (κ1) is 19.7. The number of non-ortho nitro benzene ring substituents is 1. The molecule has 3 aromatic rings. The minimum Gasteiger partial charge on any atom is -0.488 e. The van der Waals surface area contributed by atoms with E-state index in [9.17, 15) is 14.9 Å². The van der Waals surface area contributed by atoms with Gasteiger partial charge in [0.25, 0.3) is 5.69 Å². The molecule has 0 aliphatic carbocycles. The number of nitro groups is 1. The van der Waals surface area contributed by atoms with Gasteiger partial charge in [-0.3, -0.25) is 14.9 Å². The predicted molar refractivity (Wildman–Crippen MR) is 113 cm³/mol. The van der Waals surface area contributed by atoms with Crippen molar-refractivity contribution in [1.82, 2.24) is 0 Å². The van der Waals surface area contributed by atoms with Gasteiger partial charge in [0.2, 0.25) is 5.78 Å². The summed E-state index contributed by atoms with van der Waals surface area (Å²) < 4.78 is 11.7. The van der Waals surface area contributed by atoms with Crippen LogP contribution in [0.2, 0.25) is 5.02 Å². The number of fused-ring (bicyclic) bond motifs is 1. The summed E-state index contributed by atoms with van der Waals surface area (Å²) in [7, 11) is 0. The molecule has 0 atom stereocenters. The van der Waals surface area contributed by atoms with Gasteiger partial charge in [0.15, 0.2) is 5.76 Å². The Bertz CT molecular complexity index is 1200. The molecule has 0 radical (unpaired) electrons. The molecule has 0 fully saturated rings. The zero-order valence-corrected chi connectivity index (χ0v) is 16.7. The normalized spacial score (nSPS) is 13.8. The molecule has 1 aliphatic heterocycles. The van der Waals surface area contributed by atoms with Crippen LogP contribution in [-0.4, -0.2) is 10.7 Å². The molecule has 0 saturated carbocycles. The van der Waals surface area contributed by atoms with E-state index in [1.54, 1.807) is 30.3 Å². The molecule has 150 valence electrons. The molecule has 0 N–H and O–H groups in total. The number of hydrogen-bond acceptors (Lipinski definition) is 5. The number of allylic oxidation sites excluding steroid dienone is 1. The van der Waals surface area contributed by atoms with Crippen molar-refractivity contribution in [1.29, 1.82) is 0 Å². The Kier molecular flexibility index (Phi) is 5.25. The first-order chi connectivity index (χ1) is 14.4. The lowest BCUT2D eigenvalue weighted by molar-refractivity contribution is -0.384. The van der Waals surface area contributed by atoms with Crippen LogP contribution < -0.4 is 9.47 Å². The summed E-state index contributed by atoms with van der Waals surface area (Å²) in [6.45, 7) is 2.14. The van der Waals surface area contributed by atoms with Gasteiger partial charge in [-0.1, -0.05) is 35.9 Å². The van der Waals surface area contributed by atoms with E-state index >= 15 is 0 Å². The molecule has 0 aromatic heterocycles. The van der Waals surface area contributed by atoms with Crippen LogP contribution in [0.5, 0.6) is 11.5 Å². The van der Waals surface area contributed by atoms with Crippen LogP contribution >= 0.6 is 11.6 Å². The second-order valence-electron chi connectivity index (χ2n) is 6.78. The fourth-order valence-corrected chi connectivity index (χ4v) is 3.40. The maximum atomic E-state index is 12.7. The molecular formula is C23H16ClNO5. The maximum absolute atomic E-state index is 12.7. The van der Waals surface area contributed by atoms with Crippen LogP contribution in [0.1, 0.15) is 27.0 Å². The first-order valence-electron chi connectivity index (χ1n) is 9.12. The number of carbonyl (C=O) groups excluding carboxylic acids is 1. The second kappa shape index (κ2) is 8.00. The second-order valence-corrected chi connectivity index (χ2v) is 7.21. The Labute approximate surface area is 177 Å². The summed E-state index contributed by atoms with van der Waals surface area (Å²) in [4.78, 5) is 23.2. The Morgan fingerprint density at radius 1 is 1.13 bits per heavy atom. The van der Waals surface area contributed by atoms with E-state index in [4.69, 9.17) is 21.1 Å². The van der Waals surface area contributed by atoms with E-state index < -0.39 is 4.92 Å². The molecule has 30 heavy (non-hydrogen) atoms. The summed E-state index contributed by atoms with van der Waals surface area (Å²) in [5, 5.41) is 11.6. The minimum atomic E-state index is -0.484. The third-order valence-corrected chi connectivity index (χ3v) is 4.93. The number of Topliss-reactive ketones (excluding diaryl/α,β-unsaturated/α-hetero) is 1. The average molecular weight is 422 g/mol. The summed E-state index contributed by atoms with van der Waals surface area (Å²) >= 11 is 6.00. The summed E-state index contributed by atoms with van der Waals surface area (Å²) in [5.74, 6) is 0.861. The number of hydrogen-bond donors (Lipinski definition) is 0. The molecular weight excluding hydrogens is 406 g/mol. The maximum Gasteiger partial charge on any atom is 0.270 e. The van der Waals surface area contributed by atoms with Crippen molar-refractivity contribution in [3.63, 3.8) is 0 Å². The Morgan fingerprint density at radius 2 is 1.93 bits per heavy atom. The van der Waals surface area contributed by atoms with Crippen molar-refractivity contribution >= 4 is 29.1 Å². The van der Waals surface area contributed by atoms with Gasteiger partial charge in [-0.15, -0.1) is 0 Å². The molecule has 6 nitrogen and oxygen atoms in total. The number of benzene rings is 3. The summed E-state index contributed by atoms with van der Waals surface area (Å²) in [5.41, 5.74) is 2.51. The Morgan fingerprint density at radius 3 is 2.70 bits per heavy atom. The highest BCUT2D eigenvalue weighted by atomic mass is 35.5. The number of carbonyl (C=O) groups is 1. The largest absolute Gasteiger partial charge is 0.488 e. The third kappa shape index (κ3) is 3.90. The number of rotatable bonds is 5. The lowest BCUT2D eigenvalue weighted by Crippen LogP contribution is -1.98. The minimum absolute atomic E-state index is 0.0554.